The average molecular weight is 343 g/mol. The fourth-order valence-corrected chi connectivity index (χ4v) is 4.48. The second-order valence-electron chi connectivity index (χ2n) is 4.34. The lowest BCUT2D eigenvalue weighted by atomic mass is 10.4. The van der Waals surface area contributed by atoms with Gasteiger partial charge in [-0.15, -0.1) is 11.6 Å². The van der Waals surface area contributed by atoms with Gasteiger partial charge in [0, 0.05) is 6.38 Å². The molecule has 3 aromatic rings. The predicted molar refractivity (Wildman–Crippen MR) is 108 cm³/mol. The first-order valence-corrected chi connectivity index (χ1v) is 9.88. The van der Waals surface area contributed by atoms with Crippen molar-refractivity contribution >= 4 is 35.4 Å². The van der Waals surface area contributed by atoms with Gasteiger partial charge < -0.3 is 0 Å². The summed E-state index contributed by atoms with van der Waals surface area (Å²) in [6.07, 6.45) is 1.47. The molecule has 0 N–H and O–H groups in total. The van der Waals surface area contributed by atoms with E-state index in [-0.39, 0.29) is 0 Å². The molecule has 0 aliphatic rings. The van der Waals surface area contributed by atoms with Crippen LogP contribution in [0.2, 0.25) is 0 Å². The molecule has 0 radical (unpaired) electrons. The maximum absolute atomic E-state index is 4.64. The van der Waals surface area contributed by atoms with E-state index in [1.807, 2.05) is 13.8 Å². The van der Waals surface area contributed by atoms with Gasteiger partial charge in [0.15, 0.2) is 0 Å². The van der Waals surface area contributed by atoms with Crippen molar-refractivity contribution in [1.29, 1.82) is 0 Å². The van der Waals surface area contributed by atoms with Crippen LogP contribution in [0.3, 0.4) is 0 Å². The molecule has 0 unspecified atom stereocenters. The van der Waals surface area contributed by atoms with Crippen molar-refractivity contribution in [2.24, 2.45) is 0 Å². The Morgan fingerprint density at radius 1 is 0.478 bits per heavy atom. The van der Waals surface area contributed by atoms with Crippen LogP contribution in [0.1, 0.15) is 13.8 Å². The van der Waals surface area contributed by atoms with Crippen molar-refractivity contribution in [3.63, 3.8) is 0 Å². The van der Waals surface area contributed by atoms with E-state index in [0.29, 0.717) is 0 Å². The van der Waals surface area contributed by atoms with E-state index in [9.17, 15) is 0 Å². The van der Waals surface area contributed by atoms with E-state index < -0.39 is 7.92 Å². The lowest BCUT2D eigenvalue weighted by Crippen LogP contribution is -2.20. The first-order valence-electron chi connectivity index (χ1n) is 7.78. The molecule has 0 fully saturated rings. The van der Waals surface area contributed by atoms with Gasteiger partial charge in [0.05, 0.1) is 0 Å². The molecule has 0 atom stereocenters. The molecular formula is C21H24ClP. The van der Waals surface area contributed by atoms with E-state index in [2.05, 4.69) is 103 Å². The van der Waals surface area contributed by atoms with E-state index in [4.69, 9.17) is 0 Å². The van der Waals surface area contributed by atoms with Crippen molar-refractivity contribution < 1.29 is 0 Å². The molecule has 0 nitrogen and oxygen atoms in total. The summed E-state index contributed by atoms with van der Waals surface area (Å²) in [5.41, 5.74) is 0. The number of rotatable bonds is 3. The van der Waals surface area contributed by atoms with Gasteiger partial charge in [-0.1, -0.05) is 105 Å². The first-order chi connectivity index (χ1) is 11.4. The molecule has 3 aromatic carbocycles. The Morgan fingerprint density at radius 3 is 0.913 bits per heavy atom. The number of hydrogen-bond acceptors (Lipinski definition) is 0. The summed E-state index contributed by atoms with van der Waals surface area (Å²) < 4.78 is 0. The lowest BCUT2D eigenvalue weighted by Gasteiger charge is -2.18. The summed E-state index contributed by atoms with van der Waals surface area (Å²) in [6, 6.07) is 32.3. The van der Waals surface area contributed by atoms with Crippen LogP contribution < -0.4 is 15.9 Å². The number of halogens is 1. The fraction of sp³-hybridized carbons (Fsp3) is 0.143. The van der Waals surface area contributed by atoms with Crippen molar-refractivity contribution in [3.05, 3.63) is 91.0 Å². The van der Waals surface area contributed by atoms with Crippen molar-refractivity contribution in [3.8, 4) is 0 Å². The molecule has 0 aromatic heterocycles. The molecular weight excluding hydrogens is 319 g/mol. The minimum absolute atomic E-state index is 0.446. The quantitative estimate of drug-likeness (QED) is 0.446. The predicted octanol–water partition coefficient (Wildman–Crippen LogP) is 5.33. The molecule has 0 aliphatic heterocycles. The largest absolute Gasteiger partial charge is 0.130 e. The molecule has 0 saturated heterocycles. The van der Waals surface area contributed by atoms with Gasteiger partial charge in [-0.3, -0.25) is 0 Å². The third-order valence-electron chi connectivity index (χ3n) is 3.04. The number of hydrogen-bond donors (Lipinski definition) is 0. The molecule has 120 valence electrons. The average Bonchev–Trinajstić information content (AvgIpc) is 2.68. The van der Waals surface area contributed by atoms with Gasteiger partial charge in [0.2, 0.25) is 0 Å². The summed E-state index contributed by atoms with van der Waals surface area (Å²) in [5, 5.41) is 4.19. The Labute approximate surface area is 146 Å². The minimum atomic E-state index is -0.446. The van der Waals surface area contributed by atoms with Crippen LogP contribution in [0.25, 0.3) is 0 Å². The third-order valence-corrected chi connectivity index (χ3v) is 5.49. The zero-order valence-electron chi connectivity index (χ0n) is 14.0. The van der Waals surface area contributed by atoms with E-state index >= 15 is 0 Å². The normalized spacial score (nSPS) is 9.26. The van der Waals surface area contributed by atoms with E-state index in [1.165, 1.54) is 22.3 Å². The SMILES string of the molecule is CC.CCl.c1ccc(P(c2ccccc2)c2ccccc2)cc1. The van der Waals surface area contributed by atoms with Gasteiger partial charge in [0.1, 0.15) is 0 Å². The summed E-state index contributed by atoms with van der Waals surface area (Å²) in [5.74, 6) is 0. The van der Waals surface area contributed by atoms with Gasteiger partial charge in [-0.2, -0.15) is 0 Å². The Kier molecular flexibility index (Phi) is 10.0. The third kappa shape index (κ3) is 5.82. The van der Waals surface area contributed by atoms with Crippen LogP contribution >= 0.6 is 19.5 Å². The highest BCUT2D eigenvalue weighted by Gasteiger charge is 2.14. The Morgan fingerprint density at radius 2 is 0.696 bits per heavy atom. The first kappa shape index (κ1) is 19.4. The second kappa shape index (κ2) is 11.9. The summed E-state index contributed by atoms with van der Waals surface area (Å²) in [7, 11) is -0.446. The highest BCUT2D eigenvalue weighted by molar-refractivity contribution is 7.79. The monoisotopic (exact) mass is 342 g/mol. The zero-order valence-corrected chi connectivity index (χ0v) is 15.6. The van der Waals surface area contributed by atoms with Crippen molar-refractivity contribution in [1.82, 2.24) is 0 Å². The van der Waals surface area contributed by atoms with Crippen LogP contribution in [-0.2, 0) is 0 Å². The molecule has 0 amide bonds. The standard InChI is InChI=1S/C18H15P.C2H6.CH3Cl/c1-4-10-16(11-5-1)19(17-12-6-2-7-13-17)18-14-8-3-9-15-18;2*1-2/h1-15H;1-2H3;1H3. The highest BCUT2D eigenvalue weighted by Crippen LogP contribution is 2.32. The highest BCUT2D eigenvalue weighted by atomic mass is 35.5. The van der Waals surface area contributed by atoms with E-state index in [0.717, 1.165) is 0 Å². The Balaban J connectivity index is 0.000000615. The second-order valence-corrected chi connectivity index (χ2v) is 6.56. The summed E-state index contributed by atoms with van der Waals surface area (Å²) >= 11 is 4.64. The zero-order chi connectivity index (χ0) is 16.9. The molecule has 0 saturated carbocycles. The lowest BCUT2D eigenvalue weighted by molar-refractivity contribution is 1.50. The van der Waals surface area contributed by atoms with Crippen molar-refractivity contribution in [2.45, 2.75) is 13.8 Å². The van der Waals surface area contributed by atoms with Crippen molar-refractivity contribution in [2.75, 3.05) is 6.38 Å². The van der Waals surface area contributed by atoms with Gasteiger partial charge in [-0.05, 0) is 23.8 Å². The molecule has 0 bridgehead atoms. The molecule has 2 heteroatoms. The maximum Gasteiger partial charge on any atom is 0.0108 e. The van der Waals surface area contributed by atoms with Crippen LogP contribution in [0.15, 0.2) is 91.0 Å². The number of alkyl halides is 1. The van der Waals surface area contributed by atoms with Gasteiger partial charge >= 0.3 is 0 Å². The van der Waals surface area contributed by atoms with Crippen LogP contribution in [0.4, 0.5) is 0 Å². The summed E-state index contributed by atoms with van der Waals surface area (Å²) in [4.78, 5) is 0. The van der Waals surface area contributed by atoms with Crippen LogP contribution in [0, 0.1) is 0 Å². The maximum atomic E-state index is 4.64. The Hall–Kier alpha value is -1.62. The fourth-order valence-electron chi connectivity index (χ4n) is 2.18. The molecule has 3 rings (SSSR count). The Bertz CT molecular complexity index is 530. The molecule has 23 heavy (non-hydrogen) atoms. The smallest absolute Gasteiger partial charge is 0.0108 e. The van der Waals surface area contributed by atoms with Gasteiger partial charge in [0.25, 0.3) is 0 Å². The van der Waals surface area contributed by atoms with E-state index in [1.54, 1.807) is 0 Å². The minimum Gasteiger partial charge on any atom is -0.130 e. The van der Waals surface area contributed by atoms with Crippen LogP contribution in [0.5, 0.6) is 0 Å². The van der Waals surface area contributed by atoms with Gasteiger partial charge in [-0.25, -0.2) is 0 Å². The topological polar surface area (TPSA) is 0 Å². The summed E-state index contributed by atoms with van der Waals surface area (Å²) in [6.45, 7) is 4.00. The number of benzene rings is 3. The molecule has 0 heterocycles. The molecule has 0 aliphatic carbocycles. The van der Waals surface area contributed by atoms with Crippen LogP contribution in [-0.4, -0.2) is 6.38 Å². The molecule has 0 spiro atoms.